The van der Waals surface area contributed by atoms with Crippen molar-refractivity contribution in [3.05, 3.63) is 82.1 Å². The van der Waals surface area contributed by atoms with Crippen LogP contribution in [0.15, 0.2) is 70.3 Å². The molecule has 148 valence electrons. The van der Waals surface area contributed by atoms with Crippen molar-refractivity contribution in [2.24, 2.45) is 0 Å². The maximum Gasteiger partial charge on any atom is 0.191 e. The van der Waals surface area contributed by atoms with Crippen LogP contribution in [-0.4, -0.2) is 14.8 Å². The fourth-order valence-corrected chi connectivity index (χ4v) is 4.53. The largest absolute Gasteiger partial charge is 0.485 e. The number of hydrogen-bond donors (Lipinski definition) is 0. The molecule has 0 bridgehead atoms. The molecule has 0 radical (unpaired) electrons. The van der Waals surface area contributed by atoms with Gasteiger partial charge in [-0.3, -0.25) is 0 Å². The number of nitrogens with zero attached hydrogens (tertiary/aromatic N) is 3. The monoisotopic (exact) mass is 467 g/mol. The van der Waals surface area contributed by atoms with E-state index in [1.807, 2.05) is 6.07 Å². The number of rotatable bonds is 7. The molecule has 6 heteroatoms. The molecule has 4 nitrogen and oxygen atoms in total. The van der Waals surface area contributed by atoms with Gasteiger partial charge in [0.25, 0.3) is 0 Å². The van der Waals surface area contributed by atoms with E-state index < -0.39 is 0 Å². The fraction of sp³-hybridized carbons (Fsp3) is 0.217. The van der Waals surface area contributed by atoms with E-state index in [1.165, 1.54) is 16.3 Å². The predicted octanol–water partition coefficient (Wildman–Crippen LogP) is 6.39. The highest BCUT2D eigenvalue weighted by atomic mass is 79.9. The number of halogens is 1. The standard InChI is InChI=1S/C23H22BrN3OS/c1-3-27-22(25-26-23(27)29-15-17-8-11-19(24)12-9-17)14-28-21-13-10-18-6-4-5-7-20(18)16(21)2/h4-13H,3,14-15H2,1-2H3. The third kappa shape index (κ3) is 4.49. The molecule has 0 fully saturated rings. The zero-order chi connectivity index (χ0) is 20.2. The Labute approximate surface area is 183 Å². The lowest BCUT2D eigenvalue weighted by molar-refractivity contribution is 0.287. The van der Waals surface area contributed by atoms with Crippen molar-refractivity contribution in [3.63, 3.8) is 0 Å². The third-order valence-corrected chi connectivity index (χ3v) is 6.46. The van der Waals surface area contributed by atoms with Crippen LogP contribution in [0.1, 0.15) is 23.9 Å². The molecule has 0 atom stereocenters. The Morgan fingerprint density at radius 1 is 1.00 bits per heavy atom. The van der Waals surface area contributed by atoms with E-state index in [0.29, 0.717) is 6.61 Å². The molecule has 0 aliphatic carbocycles. The highest BCUT2D eigenvalue weighted by Crippen LogP contribution is 2.28. The Hall–Kier alpha value is -2.31. The number of fused-ring (bicyclic) bond motifs is 1. The number of aryl methyl sites for hydroxylation is 1. The zero-order valence-electron chi connectivity index (χ0n) is 16.4. The third-order valence-electron chi connectivity index (χ3n) is 4.90. The van der Waals surface area contributed by atoms with E-state index >= 15 is 0 Å². The molecule has 29 heavy (non-hydrogen) atoms. The molecule has 1 aromatic heterocycles. The molecule has 0 unspecified atom stereocenters. The van der Waals surface area contributed by atoms with Gasteiger partial charge < -0.3 is 9.30 Å². The first kappa shape index (κ1) is 20.0. The first-order valence-corrected chi connectivity index (χ1v) is 11.3. The van der Waals surface area contributed by atoms with Crippen molar-refractivity contribution >= 4 is 38.5 Å². The van der Waals surface area contributed by atoms with Gasteiger partial charge in [0, 0.05) is 16.8 Å². The number of benzene rings is 3. The summed E-state index contributed by atoms with van der Waals surface area (Å²) in [5.74, 6) is 2.59. The van der Waals surface area contributed by atoms with Gasteiger partial charge in [0.2, 0.25) is 0 Å². The Morgan fingerprint density at radius 3 is 2.59 bits per heavy atom. The molecule has 3 aromatic carbocycles. The summed E-state index contributed by atoms with van der Waals surface area (Å²) in [5.41, 5.74) is 2.41. The summed E-state index contributed by atoms with van der Waals surface area (Å²) in [7, 11) is 0. The van der Waals surface area contributed by atoms with E-state index in [0.717, 1.165) is 39.1 Å². The van der Waals surface area contributed by atoms with Gasteiger partial charge >= 0.3 is 0 Å². The lowest BCUT2D eigenvalue weighted by Gasteiger charge is -2.12. The highest BCUT2D eigenvalue weighted by molar-refractivity contribution is 9.10. The summed E-state index contributed by atoms with van der Waals surface area (Å²) in [4.78, 5) is 0. The van der Waals surface area contributed by atoms with Crippen LogP contribution in [-0.2, 0) is 18.9 Å². The molecular weight excluding hydrogens is 446 g/mol. The van der Waals surface area contributed by atoms with Crippen LogP contribution >= 0.6 is 27.7 Å². The molecule has 0 saturated heterocycles. The summed E-state index contributed by atoms with van der Waals surface area (Å²) in [6.45, 7) is 5.42. The van der Waals surface area contributed by atoms with E-state index in [1.54, 1.807) is 11.8 Å². The minimum atomic E-state index is 0.402. The number of hydrogen-bond acceptors (Lipinski definition) is 4. The molecule has 0 amide bonds. The molecule has 4 rings (SSSR count). The molecule has 4 aromatic rings. The summed E-state index contributed by atoms with van der Waals surface area (Å²) in [6, 6.07) is 20.9. The topological polar surface area (TPSA) is 39.9 Å². The summed E-state index contributed by atoms with van der Waals surface area (Å²) < 4.78 is 9.34. The Bertz CT molecular complexity index is 1120. The van der Waals surface area contributed by atoms with Crippen LogP contribution in [0.4, 0.5) is 0 Å². The average Bonchev–Trinajstić information content (AvgIpc) is 3.15. The van der Waals surface area contributed by atoms with E-state index in [4.69, 9.17) is 4.74 Å². The van der Waals surface area contributed by atoms with Gasteiger partial charge in [0.15, 0.2) is 11.0 Å². The van der Waals surface area contributed by atoms with Crippen molar-refractivity contribution < 1.29 is 4.74 Å². The second-order valence-corrected chi connectivity index (χ2v) is 8.61. The predicted molar refractivity (Wildman–Crippen MR) is 122 cm³/mol. The number of thioether (sulfide) groups is 1. The van der Waals surface area contributed by atoms with Crippen molar-refractivity contribution in [3.8, 4) is 5.75 Å². The van der Waals surface area contributed by atoms with Gasteiger partial charge in [-0.05, 0) is 53.9 Å². The Balaban J connectivity index is 1.47. The van der Waals surface area contributed by atoms with Gasteiger partial charge in [-0.15, -0.1) is 10.2 Å². The average molecular weight is 468 g/mol. The normalized spacial score (nSPS) is 11.1. The van der Waals surface area contributed by atoms with Crippen molar-refractivity contribution in [1.82, 2.24) is 14.8 Å². The highest BCUT2D eigenvalue weighted by Gasteiger charge is 2.13. The lowest BCUT2D eigenvalue weighted by Crippen LogP contribution is -2.07. The first-order chi connectivity index (χ1) is 14.2. The van der Waals surface area contributed by atoms with Crippen LogP contribution in [0.25, 0.3) is 10.8 Å². The van der Waals surface area contributed by atoms with Crippen LogP contribution in [0, 0.1) is 6.92 Å². The molecule has 0 spiro atoms. The fourth-order valence-electron chi connectivity index (χ4n) is 3.28. The summed E-state index contributed by atoms with van der Waals surface area (Å²) in [5, 5.41) is 12.1. The van der Waals surface area contributed by atoms with Gasteiger partial charge in [-0.2, -0.15) is 0 Å². The molecule has 1 heterocycles. The van der Waals surface area contributed by atoms with Gasteiger partial charge in [-0.25, -0.2) is 0 Å². The molecule has 0 saturated carbocycles. The minimum absolute atomic E-state index is 0.402. The number of ether oxygens (including phenoxy) is 1. The summed E-state index contributed by atoms with van der Waals surface area (Å²) in [6.07, 6.45) is 0. The van der Waals surface area contributed by atoms with Crippen molar-refractivity contribution in [2.45, 2.75) is 37.9 Å². The molecule has 0 aliphatic rings. The maximum absolute atomic E-state index is 6.12. The second kappa shape index (κ2) is 9.01. The van der Waals surface area contributed by atoms with E-state index in [2.05, 4.69) is 99.1 Å². The minimum Gasteiger partial charge on any atom is -0.485 e. The Kier molecular flexibility index (Phi) is 6.21. The van der Waals surface area contributed by atoms with E-state index in [-0.39, 0.29) is 0 Å². The lowest BCUT2D eigenvalue weighted by atomic mass is 10.0. The second-order valence-electron chi connectivity index (χ2n) is 6.76. The summed E-state index contributed by atoms with van der Waals surface area (Å²) >= 11 is 5.17. The number of aromatic nitrogens is 3. The van der Waals surface area contributed by atoms with Crippen molar-refractivity contribution in [2.75, 3.05) is 0 Å². The molecule has 0 aliphatic heterocycles. The van der Waals surface area contributed by atoms with Crippen LogP contribution in [0.3, 0.4) is 0 Å². The van der Waals surface area contributed by atoms with Crippen LogP contribution in [0.5, 0.6) is 5.75 Å². The molecular formula is C23H22BrN3OS. The first-order valence-electron chi connectivity index (χ1n) is 9.56. The SMILES string of the molecule is CCn1c(COc2ccc3ccccc3c2C)nnc1SCc1ccc(Br)cc1. The molecule has 0 N–H and O–H groups in total. The van der Waals surface area contributed by atoms with Crippen LogP contribution < -0.4 is 4.74 Å². The van der Waals surface area contributed by atoms with Crippen LogP contribution in [0.2, 0.25) is 0 Å². The van der Waals surface area contributed by atoms with Gasteiger partial charge in [0.1, 0.15) is 12.4 Å². The smallest absolute Gasteiger partial charge is 0.191 e. The van der Waals surface area contributed by atoms with Gasteiger partial charge in [-0.1, -0.05) is 70.2 Å². The van der Waals surface area contributed by atoms with E-state index in [9.17, 15) is 0 Å². The Morgan fingerprint density at radius 2 is 1.79 bits per heavy atom. The van der Waals surface area contributed by atoms with Crippen molar-refractivity contribution in [1.29, 1.82) is 0 Å². The maximum atomic E-state index is 6.12. The quantitative estimate of drug-likeness (QED) is 0.295. The van der Waals surface area contributed by atoms with Gasteiger partial charge in [0.05, 0.1) is 0 Å². The zero-order valence-corrected chi connectivity index (χ0v) is 18.8.